The van der Waals surface area contributed by atoms with Gasteiger partial charge in [0.05, 0.1) is 7.11 Å². The van der Waals surface area contributed by atoms with Crippen LogP contribution in [0.4, 0.5) is 10.1 Å². The maximum atomic E-state index is 13.3. The third kappa shape index (κ3) is 2.80. The molecule has 15 heavy (non-hydrogen) atoms. The van der Waals surface area contributed by atoms with Crippen molar-refractivity contribution in [2.24, 2.45) is 0 Å². The molecule has 0 amide bonds. The first-order valence-corrected chi connectivity index (χ1v) is 4.36. The Hall–Kier alpha value is -1.84. The smallest absolute Gasteiger partial charge is 0.330 e. The molecular weight excluding hydrogens is 197 g/mol. The normalized spacial score (nSPS) is 10.6. The highest BCUT2D eigenvalue weighted by atomic mass is 19.1. The molecule has 80 valence electrons. The van der Waals surface area contributed by atoms with E-state index in [4.69, 9.17) is 5.73 Å². The number of benzene rings is 1. The molecule has 0 aliphatic carbocycles. The zero-order valence-corrected chi connectivity index (χ0v) is 8.58. The van der Waals surface area contributed by atoms with Crippen molar-refractivity contribution in [1.29, 1.82) is 0 Å². The van der Waals surface area contributed by atoms with Crippen LogP contribution in [-0.2, 0) is 9.53 Å². The quantitative estimate of drug-likeness (QED) is 0.460. The van der Waals surface area contributed by atoms with Crippen LogP contribution in [0.25, 0.3) is 6.08 Å². The molecule has 1 rings (SSSR count). The van der Waals surface area contributed by atoms with E-state index in [9.17, 15) is 9.18 Å². The Balaban J connectivity index is 3.00. The average Bonchev–Trinajstić information content (AvgIpc) is 2.21. The molecule has 3 nitrogen and oxygen atoms in total. The van der Waals surface area contributed by atoms with Gasteiger partial charge in [-0.3, -0.25) is 0 Å². The predicted molar refractivity (Wildman–Crippen MR) is 56.6 cm³/mol. The van der Waals surface area contributed by atoms with E-state index in [1.807, 2.05) is 0 Å². The van der Waals surface area contributed by atoms with Gasteiger partial charge in [-0.2, -0.15) is 0 Å². The van der Waals surface area contributed by atoms with Crippen molar-refractivity contribution in [2.75, 3.05) is 12.8 Å². The molecule has 1 aromatic carbocycles. The molecule has 0 unspecified atom stereocenters. The number of nitrogen functional groups attached to an aromatic ring is 1. The predicted octanol–water partition coefficient (Wildman–Crippen LogP) is 1.90. The van der Waals surface area contributed by atoms with Crippen molar-refractivity contribution in [2.45, 2.75) is 6.92 Å². The third-order valence-electron chi connectivity index (χ3n) is 1.99. The summed E-state index contributed by atoms with van der Waals surface area (Å²) in [5.74, 6) is -0.984. The highest BCUT2D eigenvalue weighted by Gasteiger charge is 2.03. The number of nitrogens with two attached hydrogens (primary N) is 1. The Kier molecular flexibility index (Phi) is 3.44. The first kappa shape index (κ1) is 11.2. The van der Waals surface area contributed by atoms with E-state index in [-0.39, 0.29) is 0 Å². The summed E-state index contributed by atoms with van der Waals surface area (Å²) < 4.78 is 17.7. The molecule has 0 aromatic heterocycles. The fourth-order valence-electron chi connectivity index (χ4n) is 1.07. The van der Waals surface area contributed by atoms with Crippen molar-refractivity contribution in [1.82, 2.24) is 0 Å². The summed E-state index contributed by atoms with van der Waals surface area (Å²) in [6.07, 6.45) is 2.52. The maximum absolute atomic E-state index is 13.3. The number of esters is 1. The van der Waals surface area contributed by atoms with E-state index in [0.29, 0.717) is 11.3 Å². The van der Waals surface area contributed by atoms with Crippen LogP contribution in [0, 0.1) is 12.7 Å². The van der Waals surface area contributed by atoms with E-state index in [0.717, 1.165) is 11.6 Å². The van der Waals surface area contributed by atoms with E-state index in [2.05, 4.69) is 4.74 Å². The summed E-state index contributed by atoms with van der Waals surface area (Å²) in [7, 11) is 1.26. The lowest BCUT2D eigenvalue weighted by molar-refractivity contribution is -0.134. The minimum Gasteiger partial charge on any atom is -0.466 e. The first-order valence-electron chi connectivity index (χ1n) is 4.36. The van der Waals surface area contributed by atoms with Gasteiger partial charge in [-0.15, -0.1) is 0 Å². The fourth-order valence-corrected chi connectivity index (χ4v) is 1.07. The van der Waals surface area contributed by atoms with Crippen LogP contribution in [0.2, 0.25) is 0 Å². The summed E-state index contributed by atoms with van der Waals surface area (Å²) in [6, 6.07) is 2.80. The largest absolute Gasteiger partial charge is 0.466 e. The Morgan fingerprint density at radius 2 is 2.20 bits per heavy atom. The minimum atomic E-state index is -0.524. The molecule has 0 radical (unpaired) electrons. The summed E-state index contributed by atoms with van der Waals surface area (Å²) in [5, 5.41) is 0. The number of hydrogen-bond acceptors (Lipinski definition) is 3. The molecular formula is C11H12FNO2. The second-order valence-corrected chi connectivity index (χ2v) is 3.09. The van der Waals surface area contributed by atoms with Gasteiger partial charge >= 0.3 is 5.97 Å². The number of halogens is 1. The van der Waals surface area contributed by atoms with Crippen LogP contribution in [0.5, 0.6) is 0 Å². The zero-order valence-electron chi connectivity index (χ0n) is 8.58. The zero-order chi connectivity index (χ0) is 11.4. The maximum Gasteiger partial charge on any atom is 0.330 e. The molecule has 0 aliphatic rings. The van der Waals surface area contributed by atoms with E-state index >= 15 is 0 Å². The van der Waals surface area contributed by atoms with Crippen LogP contribution in [0.15, 0.2) is 18.2 Å². The molecule has 0 spiro atoms. The van der Waals surface area contributed by atoms with Crippen LogP contribution >= 0.6 is 0 Å². The number of anilines is 1. The summed E-state index contributed by atoms with van der Waals surface area (Å²) >= 11 is 0. The van der Waals surface area contributed by atoms with Gasteiger partial charge in [0.1, 0.15) is 5.82 Å². The van der Waals surface area contributed by atoms with Crippen LogP contribution in [-0.4, -0.2) is 13.1 Å². The van der Waals surface area contributed by atoms with Gasteiger partial charge < -0.3 is 10.5 Å². The third-order valence-corrected chi connectivity index (χ3v) is 1.99. The van der Waals surface area contributed by atoms with Crippen LogP contribution in [0.3, 0.4) is 0 Å². The second kappa shape index (κ2) is 4.59. The Bertz CT molecular complexity index is 413. The molecule has 4 heteroatoms. The van der Waals surface area contributed by atoms with Crippen molar-refractivity contribution in [3.63, 3.8) is 0 Å². The highest BCUT2D eigenvalue weighted by Crippen LogP contribution is 2.18. The molecule has 0 saturated carbocycles. The molecule has 0 aliphatic heterocycles. The standard InChI is InChI=1S/C11H12FNO2/c1-7-5-8(3-4-11(14)15-2)9(12)6-10(7)13/h3-6H,13H2,1-2H3. The summed E-state index contributed by atoms with van der Waals surface area (Å²) in [5.41, 5.74) is 6.98. The summed E-state index contributed by atoms with van der Waals surface area (Å²) in [6.45, 7) is 1.77. The Morgan fingerprint density at radius 1 is 1.53 bits per heavy atom. The number of carbonyl (C=O) groups is 1. The average molecular weight is 209 g/mol. The van der Waals surface area contributed by atoms with Gasteiger partial charge in [-0.05, 0) is 30.7 Å². The Morgan fingerprint density at radius 3 is 2.80 bits per heavy atom. The van der Waals surface area contributed by atoms with Crippen molar-refractivity contribution in [3.05, 3.63) is 35.2 Å². The van der Waals surface area contributed by atoms with Crippen LogP contribution in [0.1, 0.15) is 11.1 Å². The second-order valence-electron chi connectivity index (χ2n) is 3.09. The number of ether oxygens (including phenoxy) is 1. The number of aryl methyl sites for hydroxylation is 1. The molecule has 0 fully saturated rings. The SMILES string of the molecule is COC(=O)C=Cc1cc(C)c(N)cc1F. The van der Waals surface area contributed by atoms with Crippen molar-refractivity contribution in [3.8, 4) is 0 Å². The lowest BCUT2D eigenvalue weighted by atomic mass is 10.1. The molecule has 0 atom stereocenters. The monoisotopic (exact) mass is 209 g/mol. The first-order chi connectivity index (χ1) is 7.04. The van der Waals surface area contributed by atoms with Gasteiger partial charge in [-0.25, -0.2) is 9.18 Å². The van der Waals surface area contributed by atoms with E-state index in [1.165, 1.54) is 19.3 Å². The number of rotatable bonds is 2. The van der Waals surface area contributed by atoms with Gasteiger partial charge in [0, 0.05) is 17.3 Å². The number of hydrogen-bond donors (Lipinski definition) is 1. The van der Waals surface area contributed by atoms with Gasteiger partial charge in [0.15, 0.2) is 0 Å². The van der Waals surface area contributed by atoms with Gasteiger partial charge in [0.2, 0.25) is 0 Å². The summed E-state index contributed by atoms with van der Waals surface area (Å²) in [4.78, 5) is 10.8. The lowest BCUT2D eigenvalue weighted by Gasteiger charge is -2.02. The van der Waals surface area contributed by atoms with Crippen LogP contribution < -0.4 is 5.73 Å². The minimum absolute atomic E-state index is 0.312. The number of carbonyl (C=O) groups excluding carboxylic acids is 1. The van der Waals surface area contributed by atoms with Gasteiger partial charge in [-0.1, -0.05) is 0 Å². The topological polar surface area (TPSA) is 52.3 Å². The lowest BCUT2D eigenvalue weighted by Crippen LogP contribution is -1.96. The molecule has 1 aromatic rings. The Labute approximate surface area is 87.3 Å². The number of methoxy groups -OCH3 is 1. The molecule has 0 bridgehead atoms. The van der Waals surface area contributed by atoms with Crippen molar-refractivity contribution < 1.29 is 13.9 Å². The molecule has 0 saturated heterocycles. The van der Waals surface area contributed by atoms with Gasteiger partial charge in [0.25, 0.3) is 0 Å². The highest BCUT2D eigenvalue weighted by molar-refractivity contribution is 5.87. The van der Waals surface area contributed by atoms with E-state index in [1.54, 1.807) is 13.0 Å². The molecule has 2 N–H and O–H groups in total. The van der Waals surface area contributed by atoms with E-state index < -0.39 is 11.8 Å². The van der Waals surface area contributed by atoms with Crippen molar-refractivity contribution >= 4 is 17.7 Å². The fraction of sp³-hybridized carbons (Fsp3) is 0.182. The molecule has 0 heterocycles.